The van der Waals surface area contributed by atoms with Gasteiger partial charge in [-0.15, -0.1) is 23.5 Å². The van der Waals surface area contributed by atoms with Crippen molar-refractivity contribution in [2.75, 3.05) is 5.08 Å². The van der Waals surface area contributed by atoms with Crippen molar-refractivity contribution in [2.45, 2.75) is 13.3 Å². The number of carbonyl (C=O) groups is 2. The molecule has 0 radical (unpaired) electrons. The van der Waals surface area contributed by atoms with E-state index < -0.39 is 0 Å². The average molecular weight is 264 g/mol. The van der Waals surface area contributed by atoms with Crippen LogP contribution < -0.4 is 0 Å². The van der Waals surface area contributed by atoms with Crippen molar-refractivity contribution in [3.05, 3.63) is 45.7 Å². The van der Waals surface area contributed by atoms with Crippen LogP contribution in [0.4, 0.5) is 0 Å². The minimum absolute atomic E-state index is 0.0615. The minimum Gasteiger partial charge on any atom is -0.294 e. The maximum atomic E-state index is 12.3. The van der Waals surface area contributed by atoms with E-state index in [9.17, 15) is 9.59 Å². The van der Waals surface area contributed by atoms with Gasteiger partial charge in [0.15, 0.2) is 11.6 Å². The summed E-state index contributed by atoms with van der Waals surface area (Å²) < 4.78 is 0.880. The molecule has 1 aliphatic heterocycles. The molecule has 0 aromatic heterocycles. The van der Waals surface area contributed by atoms with Gasteiger partial charge in [-0.3, -0.25) is 9.59 Å². The van der Waals surface area contributed by atoms with E-state index in [4.69, 9.17) is 0 Å². The van der Waals surface area contributed by atoms with Crippen LogP contribution in [0.2, 0.25) is 0 Å². The normalized spacial score (nSPS) is 14.1. The number of allylic oxidation sites excluding steroid dienone is 1. The number of Topliss-reactive ketones (excluding diaryl/α,β-unsaturated/α-hetero) is 2. The maximum absolute atomic E-state index is 12.3. The van der Waals surface area contributed by atoms with E-state index in [0.29, 0.717) is 17.6 Å². The van der Waals surface area contributed by atoms with Crippen molar-refractivity contribution in [1.82, 2.24) is 0 Å². The smallest absolute Gasteiger partial charge is 0.198 e. The maximum Gasteiger partial charge on any atom is 0.198 e. The molecule has 1 aromatic carbocycles. The Balaban J connectivity index is 2.35. The van der Waals surface area contributed by atoms with Crippen molar-refractivity contribution in [1.29, 1.82) is 0 Å². The molecule has 1 saturated heterocycles. The third-order valence-corrected chi connectivity index (χ3v) is 5.03. The van der Waals surface area contributed by atoms with E-state index in [-0.39, 0.29) is 11.6 Å². The SMILES string of the molecule is CCC(=O)C(C(=O)c1ccccc1)=C1SCS1. The van der Waals surface area contributed by atoms with Crippen LogP contribution in [0.25, 0.3) is 0 Å². The summed E-state index contributed by atoms with van der Waals surface area (Å²) in [5.41, 5.74) is 0.963. The van der Waals surface area contributed by atoms with Crippen LogP contribution in [-0.2, 0) is 4.79 Å². The van der Waals surface area contributed by atoms with Crippen molar-refractivity contribution >= 4 is 35.1 Å². The van der Waals surface area contributed by atoms with Crippen LogP contribution in [0, 0.1) is 0 Å². The lowest BCUT2D eigenvalue weighted by molar-refractivity contribution is -0.114. The summed E-state index contributed by atoms with van der Waals surface area (Å²) in [6.07, 6.45) is 0.374. The first kappa shape index (κ1) is 12.5. The van der Waals surface area contributed by atoms with E-state index in [2.05, 4.69) is 0 Å². The summed E-state index contributed by atoms with van der Waals surface area (Å²) in [5, 5.41) is 0.928. The van der Waals surface area contributed by atoms with Crippen molar-refractivity contribution < 1.29 is 9.59 Å². The Labute approximate surface area is 109 Å². The summed E-state index contributed by atoms with van der Waals surface area (Å²) in [4.78, 5) is 24.1. The fourth-order valence-corrected chi connectivity index (χ4v) is 3.15. The van der Waals surface area contributed by atoms with Gasteiger partial charge in [-0.2, -0.15) is 0 Å². The number of thioether (sulfide) groups is 2. The molecule has 0 N–H and O–H groups in total. The molecular weight excluding hydrogens is 252 g/mol. The zero-order valence-electron chi connectivity index (χ0n) is 9.43. The van der Waals surface area contributed by atoms with Crippen LogP contribution in [-0.4, -0.2) is 16.7 Å². The Morgan fingerprint density at radius 2 is 1.82 bits per heavy atom. The van der Waals surface area contributed by atoms with Gasteiger partial charge in [0, 0.05) is 17.1 Å². The largest absolute Gasteiger partial charge is 0.294 e. The zero-order chi connectivity index (χ0) is 12.3. The number of carbonyl (C=O) groups excluding carboxylic acids is 2. The molecule has 0 spiro atoms. The Morgan fingerprint density at radius 3 is 2.29 bits per heavy atom. The molecule has 88 valence electrons. The highest BCUT2D eigenvalue weighted by atomic mass is 32.3. The standard InChI is InChI=1S/C13H12O2S2/c1-2-10(14)11(13-16-8-17-13)12(15)9-6-4-3-5-7-9/h3-7H,2,8H2,1H3. The highest BCUT2D eigenvalue weighted by Crippen LogP contribution is 2.46. The Kier molecular flexibility index (Phi) is 4.07. The molecule has 1 aromatic rings. The van der Waals surface area contributed by atoms with Crippen LogP contribution in [0.5, 0.6) is 0 Å². The molecule has 0 saturated carbocycles. The van der Waals surface area contributed by atoms with E-state index in [1.807, 2.05) is 18.2 Å². The average Bonchev–Trinajstić information content (AvgIpc) is 2.33. The Bertz CT molecular complexity index is 471. The lowest BCUT2D eigenvalue weighted by Crippen LogP contribution is -2.15. The Hall–Kier alpha value is -1.000. The van der Waals surface area contributed by atoms with Gasteiger partial charge in [0.2, 0.25) is 0 Å². The van der Waals surface area contributed by atoms with Crippen LogP contribution >= 0.6 is 23.5 Å². The molecular formula is C13H12O2S2. The quantitative estimate of drug-likeness (QED) is 0.361. The molecule has 0 bridgehead atoms. The number of ketones is 2. The molecule has 2 nitrogen and oxygen atoms in total. The first-order valence-electron chi connectivity index (χ1n) is 5.37. The van der Waals surface area contributed by atoms with Gasteiger partial charge in [-0.05, 0) is 0 Å². The summed E-state index contributed by atoms with van der Waals surface area (Å²) >= 11 is 3.16. The third kappa shape index (κ3) is 2.64. The monoisotopic (exact) mass is 264 g/mol. The summed E-state index contributed by atoms with van der Waals surface area (Å²) in [6.45, 7) is 1.79. The summed E-state index contributed by atoms with van der Waals surface area (Å²) in [5.74, 6) is -0.208. The first-order valence-corrected chi connectivity index (χ1v) is 7.34. The van der Waals surface area contributed by atoms with E-state index in [0.717, 1.165) is 9.32 Å². The van der Waals surface area contributed by atoms with Crippen molar-refractivity contribution in [2.24, 2.45) is 0 Å². The molecule has 0 unspecified atom stereocenters. The topological polar surface area (TPSA) is 34.1 Å². The third-order valence-electron chi connectivity index (χ3n) is 2.45. The van der Waals surface area contributed by atoms with Crippen molar-refractivity contribution in [3.8, 4) is 0 Å². The molecule has 2 rings (SSSR count). The van der Waals surface area contributed by atoms with Gasteiger partial charge in [-0.1, -0.05) is 37.3 Å². The van der Waals surface area contributed by atoms with Crippen LogP contribution in [0.3, 0.4) is 0 Å². The molecule has 0 atom stereocenters. The minimum atomic E-state index is -0.146. The molecule has 1 aliphatic rings. The number of hydrogen-bond acceptors (Lipinski definition) is 4. The lowest BCUT2D eigenvalue weighted by atomic mass is 10.0. The molecule has 1 fully saturated rings. The van der Waals surface area contributed by atoms with Crippen molar-refractivity contribution in [3.63, 3.8) is 0 Å². The van der Waals surface area contributed by atoms with Gasteiger partial charge in [0.25, 0.3) is 0 Å². The van der Waals surface area contributed by atoms with Gasteiger partial charge in [0.05, 0.1) is 9.81 Å². The van der Waals surface area contributed by atoms with E-state index >= 15 is 0 Å². The van der Waals surface area contributed by atoms with Gasteiger partial charge in [-0.25, -0.2) is 0 Å². The van der Waals surface area contributed by atoms with Crippen LogP contribution in [0.1, 0.15) is 23.7 Å². The number of benzene rings is 1. The van der Waals surface area contributed by atoms with Gasteiger partial charge in [0.1, 0.15) is 0 Å². The second-order valence-corrected chi connectivity index (χ2v) is 6.14. The molecule has 4 heteroatoms. The molecule has 17 heavy (non-hydrogen) atoms. The highest BCUT2D eigenvalue weighted by molar-refractivity contribution is 8.37. The van der Waals surface area contributed by atoms with Gasteiger partial charge < -0.3 is 0 Å². The van der Waals surface area contributed by atoms with Crippen LogP contribution in [0.15, 0.2) is 40.1 Å². The first-order chi connectivity index (χ1) is 8.24. The van der Waals surface area contributed by atoms with E-state index in [1.165, 1.54) is 0 Å². The Morgan fingerprint density at radius 1 is 1.18 bits per heavy atom. The van der Waals surface area contributed by atoms with Gasteiger partial charge >= 0.3 is 0 Å². The second-order valence-electron chi connectivity index (χ2n) is 3.54. The summed E-state index contributed by atoms with van der Waals surface area (Å²) in [7, 11) is 0. The summed E-state index contributed by atoms with van der Waals surface area (Å²) in [6, 6.07) is 8.98. The predicted molar refractivity (Wildman–Crippen MR) is 73.1 cm³/mol. The highest BCUT2D eigenvalue weighted by Gasteiger charge is 2.27. The molecule has 1 heterocycles. The number of hydrogen-bond donors (Lipinski definition) is 0. The molecule has 0 aliphatic carbocycles. The second kappa shape index (κ2) is 5.56. The zero-order valence-corrected chi connectivity index (χ0v) is 11.1. The fraction of sp³-hybridized carbons (Fsp3) is 0.231. The number of rotatable bonds is 4. The lowest BCUT2D eigenvalue weighted by Gasteiger charge is -2.18. The van der Waals surface area contributed by atoms with E-state index in [1.54, 1.807) is 42.6 Å². The fourth-order valence-electron chi connectivity index (χ4n) is 1.51. The molecule has 0 amide bonds. The predicted octanol–water partition coefficient (Wildman–Crippen LogP) is 3.50.